The molecule has 0 fully saturated rings. The van der Waals surface area contributed by atoms with Gasteiger partial charge in [-0.2, -0.15) is 5.26 Å². The van der Waals surface area contributed by atoms with E-state index in [1.807, 2.05) is 36.4 Å². The fourth-order valence-electron chi connectivity index (χ4n) is 1.33. The van der Waals surface area contributed by atoms with Gasteiger partial charge in [-0.3, -0.25) is 4.79 Å². The predicted molar refractivity (Wildman–Crippen MR) is 72.3 cm³/mol. The lowest BCUT2D eigenvalue weighted by atomic mass is 10.2. The lowest BCUT2D eigenvalue weighted by molar-refractivity contribution is -0.117. The molecular weight excluding hydrogens is 250 g/mol. The molecule has 1 N–H and O–H groups in total. The van der Waals surface area contributed by atoms with Crippen molar-refractivity contribution >= 4 is 23.2 Å². The van der Waals surface area contributed by atoms with Crippen LogP contribution in [-0.2, 0) is 4.79 Å². The van der Waals surface area contributed by atoms with Gasteiger partial charge in [0, 0.05) is 31.4 Å². The largest absolute Gasteiger partial charge is 0.350 e. The monoisotopic (exact) mass is 263 g/mol. The van der Waals surface area contributed by atoms with Gasteiger partial charge in [-0.05, 0) is 12.1 Å². The molecule has 0 radical (unpaired) electrons. The summed E-state index contributed by atoms with van der Waals surface area (Å²) in [5.41, 5.74) is 0.946. The van der Waals surface area contributed by atoms with Crippen molar-refractivity contribution in [1.82, 2.24) is 5.32 Å². The third-order valence-electron chi connectivity index (χ3n) is 2.23. The number of amides is 1. The van der Waals surface area contributed by atoms with E-state index in [-0.39, 0.29) is 5.57 Å². The van der Waals surface area contributed by atoms with E-state index in [4.69, 9.17) is 16.9 Å². The molecule has 0 aliphatic carbocycles. The first-order valence-corrected chi connectivity index (χ1v) is 5.96. The van der Waals surface area contributed by atoms with Crippen LogP contribution in [0.2, 0.25) is 0 Å². The van der Waals surface area contributed by atoms with Crippen LogP contribution in [0, 0.1) is 11.3 Å². The van der Waals surface area contributed by atoms with Crippen LogP contribution in [0.5, 0.6) is 0 Å². The van der Waals surface area contributed by atoms with E-state index in [0.717, 1.165) is 5.69 Å². The number of nitriles is 1. The van der Waals surface area contributed by atoms with E-state index in [1.54, 1.807) is 11.9 Å². The summed E-state index contributed by atoms with van der Waals surface area (Å²) < 4.78 is 0. The second-order valence-electron chi connectivity index (χ2n) is 3.55. The number of nitrogens with one attached hydrogen (secondary N) is 1. The van der Waals surface area contributed by atoms with E-state index >= 15 is 0 Å². The minimum absolute atomic E-state index is 0.0477. The molecule has 1 amide bonds. The van der Waals surface area contributed by atoms with Crippen LogP contribution < -0.4 is 10.2 Å². The molecular formula is C13H14ClN3O. The number of para-hydroxylation sites is 1. The highest BCUT2D eigenvalue weighted by atomic mass is 35.5. The number of carbonyl (C=O) groups excluding carboxylic acids is 1. The molecule has 0 aliphatic rings. The topological polar surface area (TPSA) is 56.1 Å². The number of rotatable bonds is 5. The Morgan fingerprint density at radius 3 is 2.72 bits per heavy atom. The molecule has 0 aromatic heterocycles. The second-order valence-corrected chi connectivity index (χ2v) is 3.92. The molecule has 1 rings (SSSR count). The van der Waals surface area contributed by atoms with Gasteiger partial charge in [0.1, 0.15) is 11.6 Å². The summed E-state index contributed by atoms with van der Waals surface area (Å²) in [5.74, 6) is -0.0974. The Morgan fingerprint density at radius 1 is 1.50 bits per heavy atom. The normalized spacial score (nSPS) is 10.6. The standard InChI is InChI=1S/C13H14ClN3O/c1-17(12-5-3-2-4-6-12)10-11(9-15)13(18)16-8-7-14/h2-6,10H,7-8H2,1H3,(H,16,18)/b11-10-. The lowest BCUT2D eigenvalue weighted by Gasteiger charge is -2.14. The molecule has 0 aliphatic heterocycles. The van der Waals surface area contributed by atoms with Gasteiger partial charge in [0.2, 0.25) is 0 Å². The molecule has 4 nitrogen and oxygen atoms in total. The molecule has 1 aromatic carbocycles. The molecule has 5 heteroatoms. The molecule has 94 valence electrons. The SMILES string of the molecule is CN(/C=C(/C#N)C(=O)NCCCl)c1ccccc1. The summed E-state index contributed by atoms with van der Waals surface area (Å²) in [5, 5.41) is 11.5. The first-order chi connectivity index (χ1) is 8.69. The Bertz CT molecular complexity index is 465. The zero-order valence-corrected chi connectivity index (χ0v) is 10.8. The lowest BCUT2D eigenvalue weighted by Crippen LogP contribution is -2.27. The van der Waals surface area contributed by atoms with E-state index in [2.05, 4.69) is 5.32 Å². The number of benzene rings is 1. The van der Waals surface area contributed by atoms with Crippen molar-refractivity contribution in [1.29, 1.82) is 5.26 Å². The summed E-state index contributed by atoms with van der Waals surface area (Å²) in [6.07, 6.45) is 1.50. The summed E-state index contributed by atoms with van der Waals surface area (Å²) in [6, 6.07) is 11.3. The average Bonchev–Trinajstić information content (AvgIpc) is 2.42. The van der Waals surface area contributed by atoms with Gasteiger partial charge in [-0.1, -0.05) is 18.2 Å². The fourth-order valence-corrected chi connectivity index (χ4v) is 1.42. The van der Waals surface area contributed by atoms with Crippen LogP contribution in [0.4, 0.5) is 5.69 Å². The minimum Gasteiger partial charge on any atom is -0.350 e. The third-order valence-corrected chi connectivity index (χ3v) is 2.42. The highest BCUT2D eigenvalue weighted by Gasteiger charge is 2.09. The number of hydrogen-bond donors (Lipinski definition) is 1. The quantitative estimate of drug-likeness (QED) is 0.501. The number of hydrogen-bond acceptors (Lipinski definition) is 3. The molecule has 0 saturated heterocycles. The van der Waals surface area contributed by atoms with Gasteiger partial charge in [0.05, 0.1) is 0 Å². The van der Waals surface area contributed by atoms with Crippen LogP contribution in [0.3, 0.4) is 0 Å². The van der Waals surface area contributed by atoms with Crippen LogP contribution in [0.1, 0.15) is 0 Å². The third kappa shape index (κ3) is 4.11. The predicted octanol–water partition coefficient (Wildman–Crippen LogP) is 1.89. The van der Waals surface area contributed by atoms with Gasteiger partial charge >= 0.3 is 0 Å². The second kappa shape index (κ2) is 7.36. The van der Waals surface area contributed by atoms with Crippen molar-refractivity contribution in [2.75, 3.05) is 24.4 Å². The molecule has 0 spiro atoms. The highest BCUT2D eigenvalue weighted by molar-refractivity contribution is 6.18. The molecule has 0 saturated carbocycles. The van der Waals surface area contributed by atoms with Crippen molar-refractivity contribution < 1.29 is 4.79 Å². The fraction of sp³-hybridized carbons (Fsp3) is 0.231. The Morgan fingerprint density at radius 2 is 2.17 bits per heavy atom. The van der Waals surface area contributed by atoms with Gasteiger partial charge in [-0.25, -0.2) is 0 Å². The van der Waals surface area contributed by atoms with Crippen molar-refractivity contribution in [2.45, 2.75) is 0 Å². The zero-order valence-electron chi connectivity index (χ0n) is 10.1. The maximum absolute atomic E-state index is 11.6. The van der Waals surface area contributed by atoms with Crippen molar-refractivity contribution in [3.05, 3.63) is 42.1 Å². The van der Waals surface area contributed by atoms with Gasteiger partial charge < -0.3 is 10.2 Å². The Labute approximate surface area is 111 Å². The summed E-state index contributed by atoms with van der Waals surface area (Å²) in [4.78, 5) is 13.3. The van der Waals surface area contributed by atoms with Crippen LogP contribution >= 0.6 is 11.6 Å². The van der Waals surface area contributed by atoms with E-state index in [9.17, 15) is 4.79 Å². The van der Waals surface area contributed by atoms with E-state index in [1.165, 1.54) is 6.20 Å². The number of halogens is 1. The van der Waals surface area contributed by atoms with Crippen LogP contribution in [-0.4, -0.2) is 25.4 Å². The van der Waals surface area contributed by atoms with Crippen LogP contribution in [0.25, 0.3) is 0 Å². The molecule has 1 aromatic rings. The highest BCUT2D eigenvalue weighted by Crippen LogP contribution is 2.12. The first kappa shape index (κ1) is 14.1. The first-order valence-electron chi connectivity index (χ1n) is 5.43. The van der Waals surface area contributed by atoms with Crippen molar-refractivity contribution in [2.24, 2.45) is 0 Å². The molecule has 0 unspecified atom stereocenters. The summed E-state index contributed by atoms with van der Waals surface area (Å²) in [6.45, 7) is 0.342. The van der Waals surface area contributed by atoms with E-state index in [0.29, 0.717) is 12.4 Å². The molecule has 0 atom stereocenters. The Hall–Kier alpha value is -1.99. The number of alkyl halides is 1. The summed E-state index contributed by atoms with van der Waals surface area (Å²) >= 11 is 5.47. The average molecular weight is 264 g/mol. The maximum atomic E-state index is 11.6. The van der Waals surface area contributed by atoms with Crippen molar-refractivity contribution in [3.8, 4) is 6.07 Å². The Kier molecular flexibility index (Phi) is 5.75. The van der Waals surface area contributed by atoms with Gasteiger partial charge in [0.15, 0.2) is 0 Å². The number of nitrogens with zero attached hydrogens (tertiary/aromatic N) is 2. The smallest absolute Gasteiger partial charge is 0.263 e. The minimum atomic E-state index is -0.416. The zero-order chi connectivity index (χ0) is 13.4. The number of carbonyl (C=O) groups is 1. The van der Waals surface area contributed by atoms with Crippen LogP contribution in [0.15, 0.2) is 42.1 Å². The van der Waals surface area contributed by atoms with Gasteiger partial charge in [0.25, 0.3) is 5.91 Å². The van der Waals surface area contributed by atoms with E-state index < -0.39 is 5.91 Å². The maximum Gasteiger partial charge on any atom is 0.263 e. The molecule has 0 bridgehead atoms. The molecule has 0 heterocycles. The molecule has 18 heavy (non-hydrogen) atoms. The Balaban J connectivity index is 2.79. The summed E-state index contributed by atoms with van der Waals surface area (Å²) in [7, 11) is 1.78. The van der Waals surface area contributed by atoms with Crippen molar-refractivity contribution in [3.63, 3.8) is 0 Å². The number of anilines is 1. The van der Waals surface area contributed by atoms with Gasteiger partial charge in [-0.15, -0.1) is 11.6 Å².